The fourth-order valence-electron chi connectivity index (χ4n) is 5.44. The van der Waals surface area contributed by atoms with E-state index in [0.717, 1.165) is 33.7 Å². The number of carbonyl (C=O) groups is 2. The average Bonchev–Trinajstić information content (AvgIpc) is 3.67. The molecular weight excluding hydrogens is 520 g/mol. The van der Waals surface area contributed by atoms with E-state index in [-0.39, 0.29) is 23.8 Å². The van der Waals surface area contributed by atoms with Gasteiger partial charge in [-0.15, -0.1) is 11.3 Å². The molecule has 0 aliphatic carbocycles. The molecule has 1 N–H and O–H groups in total. The molecule has 0 radical (unpaired) electrons. The van der Waals surface area contributed by atoms with Gasteiger partial charge in [-0.3, -0.25) is 19.9 Å². The summed E-state index contributed by atoms with van der Waals surface area (Å²) in [6.45, 7) is 12.9. The highest BCUT2D eigenvalue weighted by Gasteiger charge is 2.43. The van der Waals surface area contributed by atoms with E-state index in [1.165, 1.54) is 0 Å². The number of nitrogens with zero attached hydrogens (tertiary/aromatic N) is 5. The number of rotatable bonds is 9. The lowest BCUT2D eigenvalue weighted by Crippen LogP contribution is -2.55. The lowest BCUT2D eigenvalue weighted by atomic mass is 10.00. The van der Waals surface area contributed by atoms with Crippen LogP contribution in [0.2, 0.25) is 0 Å². The SMILES string of the molecule is C=CC1=C(/C=C\C)C(=O)N(C(C(=O)N2CCCC2C(=NCc2ccc(-c3scnc3C)cc2)NC#N)C(C)C)C1. The minimum atomic E-state index is -0.628. The van der Waals surface area contributed by atoms with E-state index in [1.54, 1.807) is 33.3 Å². The number of nitrogens with one attached hydrogen (secondary N) is 1. The van der Waals surface area contributed by atoms with Gasteiger partial charge in [0.25, 0.3) is 5.91 Å². The van der Waals surface area contributed by atoms with Crippen LogP contribution >= 0.6 is 11.3 Å². The maximum absolute atomic E-state index is 14.0. The van der Waals surface area contributed by atoms with E-state index in [9.17, 15) is 14.9 Å². The number of amides is 2. The number of hydrogen-bond donors (Lipinski definition) is 1. The molecule has 2 aliphatic rings. The number of benzene rings is 1. The predicted octanol–water partition coefficient (Wildman–Crippen LogP) is 5.00. The highest BCUT2D eigenvalue weighted by molar-refractivity contribution is 7.13. The molecule has 2 aliphatic heterocycles. The third kappa shape index (κ3) is 5.92. The van der Waals surface area contributed by atoms with Crippen LogP contribution in [-0.2, 0) is 16.1 Å². The van der Waals surface area contributed by atoms with E-state index in [1.807, 2.05) is 57.6 Å². The van der Waals surface area contributed by atoms with Gasteiger partial charge in [-0.2, -0.15) is 5.26 Å². The number of aromatic nitrogens is 1. The Balaban J connectivity index is 1.54. The first-order valence-corrected chi connectivity index (χ1v) is 14.5. The quantitative estimate of drug-likeness (QED) is 0.203. The van der Waals surface area contributed by atoms with Gasteiger partial charge in [0.2, 0.25) is 5.91 Å². The topological polar surface area (TPSA) is 102 Å². The van der Waals surface area contributed by atoms with Gasteiger partial charge in [0, 0.05) is 18.7 Å². The van der Waals surface area contributed by atoms with Crippen LogP contribution in [0.25, 0.3) is 10.4 Å². The molecule has 1 saturated heterocycles. The van der Waals surface area contributed by atoms with E-state index in [4.69, 9.17) is 4.99 Å². The third-order valence-corrected chi connectivity index (χ3v) is 8.38. The summed E-state index contributed by atoms with van der Waals surface area (Å²) >= 11 is 1.61. The number of thiazole rings is 1. The summed E-state index contributed by atoms with van der Waals surface area (Å²) in [6.07, 6.45) is 8.80. The van der Waals surface area contributed by atoms with Gasteiger partial charge in [-0.1, -0.05) is 62.9 Å². The van der Waals surface area contributed by atoms with Gasteiger partial charge in [-0.25, -0.2) is 4.98 Å². The summed E-state index contributed by atoms with van der Waals surface area (Å²) in [7, 11) is 0. The number of amidine groups is 1. The highest BCUT2D eigenvalue weighted by Crippen LogP contribution is 2.30. The molecule has 1 fully saturated rings. The molecule has 0 bridgehead atoms. The lowest BCUT2D eigenvalue weighted by molar-refractivity contribution is -0.144. The van der Waals surface area contributed by atoms with Crippen LogP contribution in [0.4, 0.5) is 0 Å². The maximum atomic E-state index is 14.0. The number of aryl methyl sites for hydroxylation is 1. The molecule has 0 saturated carbocycles. The normalized spacial score (nSPS) is 18.6. The number of nitriles is 1. The number of hydrogen-bond acceptors (Lipinski definition) is 6. The maximum Gasteiger partial charge on any atom is 0.255 e. The van der Waals surface area contributed by atoms with Crippen molar-refractivity contribution < 1.29 is 9.59 Å². The smallest absolute Gasteiger partial charge is 0.255 e. The molecule has 1 aromatic heterocycles. The number of allylic oxidation sites excluding steroid dienone is 1. The second-order valence-corrected chi connectivity index (χ2v) is 11.2. The fraction of sp³-hybridized carbons (Fsp3) is 0.387. The second-order valence-electron chi connectivity index (χ2n) is 10.4. The van der Waals surface area contributed by atoms with Gasteiger partial charge < -0.3 is 9.80 Å². The first-order valence-electron chi connectivity index (χ1n) is 13.6. The van der Waals surface area contributed by atoms with E-state index >= 15 is 0 Å². The molecule has 3 heterocycles. The minimum absolute atomic E-state index is 0.0984. The van der Waals surface area contributed by atoms with Crippen molar-refractivity contribution in [3.63, 3.8) is 0 Å². The van der Waals surface area contributed by atoms with E-state index in [0.29, 0.717) is 37.5 Å². The number of likely N-dealkylation sites (tertiary alicyclic amines) is 1. The lowest BCUT2D eigenvalue weighted by Gasteiger charge is -2.36. The van der Waals surface area contributed by atoms with Crippen LogP contribution < -0.4 is 5.32 Å². The fourth-order valence-corrected chi connectivity index (χ4v) is 6.25. The summed E-state index contributed by atoms with van der Waals surface area (Å²) in [6, 6.07) is 7.19. The zero-order chi connectivity index (χ0) is 28.8. The van der Waals surface area contributed by atoms with Crippen molar-refractivity contribution in [2.24, 2.45) is 10.9 Å². The molecule has 2 amide bonds. The van der Waals surface area contributed by atoms with Crippen molar-refractivity contribution in [3.8, 4) is 16.6 Å². The second kappa shape index (κ2) is 12.9. The summed E-state index contributed by atoms with van der Waals surface area (Å²) < 4.78 is 0. The van der Waals surface area contributed by atoms with Crippen molar-refractivity contribution in [1.29, 1.82) is 5.26 Å². The Kier molecular flexibility index (Phi) is 9.33. The van der Waals surface area contributed by atoms with E-state index in [2.05, 4.69) is 29.0 Å². The zero-order valence-corrected chi connectivity index (χ0v) is 24.4. The Bertz CT molecular complexity index is 1400. The minimum Gasteiger partial charge on any atom is -0.331 e. The molecule has 40 heavy (non-hydrogen) atoms. The Morgan fingerprint density at radius 3 is 2.70 bits per heavy atom. The van der Waals surface area contributed by atoms with Gasteiger partial charge >= 0.3 is 0 Å². The first-order chi connectivity index (χ1) is 19.3. The monoisotopic (exact) mass is 556 g/mol. The van der Waals surface area contributed by atoms with Crippen molar-refractivity contribution in [1.82, 2.24) is 20.1 Å². The summed E-state index contributed by atoms with van der Waals surface area (Å²) in [5.74, 6) is 0.105. The van der Waals surface area contributed by atoms with Crippen LogP contribution in [0.15, 0.2) is 70.7 Å². The Morgan fingerprint density at radius 2 is 2.10 bits per heavy atom. The van der Waals surface area contributed by atoms with Crippen LogP contribution in [0.3, 0.4) is 0 Å². The summed E-state index contributed by atoms with van der Waals surface area (Å²) in [4.78, 5) is 41.1. The third-order valence-electron chi connectivity index (χ3n) is 7.41. The zero-order valence-electron chi connectivity index (χ0n) is 23.6. The molecule has 2 aromatic rings. The van der Waals surface area contributed by atoms with Crippen LogP contribution in [0.1, 0.15) is 44.9 Å². The molecule has 8 nitrogen and oxygen atoms in total. The molecule has 4 rings (SSSR count). The van der Waals surface area contributed by atoms with Crippen molar-refractivity contribution in [2.45, 2.75) is 59.2 Å². The summed E-state index contributed by atoms with van der Waals surface area (Å²) in [5.41, 5.74) is 6.37. The molecule has 0 spiro atoms. The molecule has 1 aromatic carbocycles. The van der Waals surface area contributed by atoms with Gasteiger partial charge in [-0.05, 0) is 49.3 Å². The highest BCUT2D eigenvalue weighted by atomic mass is 32.1. The molecule has 9 heteroatoms. The number of aliphatic imine (C=N–C) groups is 1. The Morgan fingerprint density at radius 1 is 1.35 bits per heavy atom. The predicted molar refractivity (Wildman–Crippen MR) is 159 cm³/mol. The molecular formula is C31H36N6O2S. The van der Waals surface area contributed by atoms with E-state index < -0.39 is 6.04 Å². The van der Waals surface area contributed by atoms with Crippen molar-refractivity contribution in [2.75, 3.05) is 13.1 Å². The first kappa shape index (κ1) is 29.0. The standard InChI is InChI=1S/C31H36N6O2S/c1-6-9-25-23(7-2)17-37(30(25)38)27(20(3)4)31(39)36-15-8-10-26(36)29(34-18-32)33-16-22-11-13-24(14-12-22)28-21(5)35-19-40-28/h6-7,9,11-14,19-20,26-27H,2,8,10,15-17H2,1,3-5H3,(H,33,34)/b9-6-. The van der Waals surface area contributed by atoms with Gasteiger partial charge in [0.15, 0.2) is 6.19 Å². The molecule has 2 atom stereocenters. The van der Waals surface area contributed by atoms with Gasteiger partial charge in [0.1, 0.15) is 11.9 Å². The van der Waals surface area contributed by atoms with Crippen molar-refractivity contribution >= 4 is 29.0 Å². The largest absolute Gasteiger partial charge is 0.331 e. The Hall–Kier alpha value is -4.03. The Labute approximate surface area is 240 Å². The average molecular weight is 557 g/mol. The number of carbonyl (C=O) groups excluding carboxylic acids is 2. The molecule has 2 unspecified atom stereocenters. The van der Waals surface area contributed by atoms with Crippen LogP contribution in [0.5, 0.6) is 0 Å². The van der Waals surface area contributed by atoms with Gasteiger partial charge in [0.05, 0.1) is 28.7 Å². The van der Waals surface area contributed by atoms with Crippen LogP contribution in [0, 0.1) is 24.3 Å². The van der Waals surface area contributed by atoms with Crippen molar-refractivity contribution in [3.05, 3.63) is 77.0 Å². The molecule has 208 valence electrons. The summed E-state index contributed by atoms with van der Waals surface area (Å²) in [5, 5.41) is 12.3. The van der Waals surface area contributed by atoms with Crippen LogP contribution in [-0.4, -0.2) is 57.6 Å².